The van der Waals surface area contributed by atoms with Crippen LogP contribution >= 0.6 is 0 Å². The quantitative estimate of drug-likeness (QED) is 0.922. The van der Waals surface area contributed by atoms with Crippen LogP contribution in [0.25, 0.3) is 11.3 Å². The largest absolute Gasteiger partial charge is 0.494 e. The van der Waals surface area contributed by atoms with Crippen LogP contribution in [-0.2, 0) is 4.74 Å². The van der Waals surface area contributed by atoms with Crippen molar-refractivity contribution in [3.8, 4) is 17.0 Å². The van der Waals surface area contributed by atoms with Crippen molar-refractivity contribution < 1.29 is 14.3 Å². The summed E-state index contributed by atoms with van der Waals surface area (Å²) >= 11 is 0. The van der Waals surface area contributed by atoms with E-state index in [1.807, 2.05) is 30.3 Å². The van der Waals surface area contributed by atoms with Gasteiger partial charge >= 0.3 is 0 Å². The summed E-state index contributed by atoms with van der Waals surface area (Å²) in [5.41, 5.74) is 2.18. The molecule has 0 saturated carbocycles. The van der Waals surface area contributed by atoms with Crippen molar-refractivity contribution in [3.05, 3.63) is 48.2 Å². The third kappa shape index (κ3) is 3.68. The lowest BCUT2D eigenvalue weighted by Gasteiger charge is -2.12. The molecule has 1 aromatic carbocycles. The number of rotatable bonds is 5. The van der Waals surface area contributed by atoms with Crippen molar-refractivity contribution in [3.63, 3.8) is 0 Å². The molecule has 5 heteroatoms. The van der Waals surface area contributed by atoms with Gasteiger partial charge in [0.15, 0.2) is 0 Å². The predicted octanol–water partition coefficient (Wildman–Crippen LogP) is 2.67. The van der Waals surface area contributed by atoms with Gasteiger partial charge < -0.3 is 14.8 Å². The maximum absolute atomic E-state index is 12.3. The number of carbonyl (C=O) groups is 1. The molecule has 1 aliphatic heterocycles. The monoisotopic (exact) mass is 312 g/mol. The zero-order valence-corrected chi connectivity index (χ0v) is 13.1. The Hall–Kier alpha value is -2.40. The predicted molar refractivity (Wildman–Crippen MR) is 87.5 cm³/mol. The highest BCUT2D eigenvalue weighted by Gasteiger charge is 2.17. The summed E-state index contributed by atoms with van der Waals surface area (Å²) in [6.07, 6.45) is 3.92. The number of amides is 1. The number of carbonyl (C=O) groups excluding carboxylic acids is 1. The third-order valence-electron chi connectivity index (χ3n) is 3.90. The highest BCUT2D eigenvalue weighted by molar-refractivity contribution is 5.95. The fourth-order valence-electron chi connectivity index (χ4n) is 2.69. The average Bonchev–Trinajstić information content (AvgIpc) is 3.13. The van der Waals surface area contributed by atoms with Gasteiger partial charge in [0.2, 0.25) is 0 Å². The van der Waals surface area contributed by atoms with E-state index in [0.29, 0.717) is 17.9 Å². The van der Waals surface area contributed by atoms with Gasteiger partial charge in [0.05, 0.1) is 13.2 Å². The van der Waals surface area contributed by atoms with Gasteiger partial charge in [0.25, 0.3) is 5.91 Å². The van der Waals surface area contributed by atoms with E-state index in [-0.39, 0.29) is 12.0 Å². The molecule has 3 rings (SSSR count). The van der Waals surface area contributed by atoms with Gasteiger partial charge in [0.1, 0.15) is 11.4 Å². The van der Waals surface area contributed by atoms with Crippen molar-refractivity contribution in [2.24, 2.45) is 0 Å². The molecule has 0 aliphatic carbocycles. The highest BCUT2D eigenvalue weighted by atomic mass is 16.5. The Morgan fingerprint density at radius 1 is 1.39 bits per heavy atom. The molecular formula is C18H20N2O3. The molecule has 1 N–H and O–H groups in total. The van der Waals surface area contributed by atoms with Crippen LogP contribution in [0.3, 0.4) is 0 Å². The van der Waals surface area contributed by atoms with E-state index in [9.17, 15) is 4.79 Å². The first kappa shape index (κ1) is 15.5. The molecule has 1 unspecified atom stereocenters. The van der Waals surface area contributed by atoms with E-state index in [4.69, 9.17) is 9.47 Å². The smallest absolute Gasteiger partial charge is 0.251 e. The van der Waals surface area contributed by atoms with E-state index >= 15 is 0 Å². The molecule has 2 heterocycles. The summed E-state index contributed by atoms with van der Waals surface area (Å²) < 4.78 is 10.9. The Morgan fingerprint density at radius 3 is 3.09 bits per heavy atom. The SMILES string of the molecule is COc1cccnc1-c1cccc(C(=O)NCC2CCCO2)c1. The van der Waals surface area contributed by atoms with E-state index in [1.54, 1.807) is 19.4 Å². The average molecular weight is 312 g/mol. The molecule has 23 heavy (non-hydrogen) atoms. The minimum Gasteiger partial charge on any atom is -0.494 e. The molecule has 5 nitrogen and oxygen atoms in total. The van der Waals surface area contributed by atoms with Crippen molar-refractivity contribution >= 4 is 5.91 Å². The number of benzene rings is 1. The summed E-state index contributed by atoms with van der Waals surface area (Å²) in [5.74, 6) is 0.585. The number of pyridine rings is 1. The van der Waals surface area contributed by atoms with Crippen molar-refractivity contribution in [2.75, 3.05) is 20.3 Å². The second kappa shape index (κ2) is 7.24. The molecule has 1 saturated heterocycles. The molecule has 0 bridgehead atoms. The number of hydrogen-bond acceptors (Lipinski definition) is 4. The van der Waals surface area contributed by atoms with Gasteiger partial charge in [-0.3, -0.25) is 9.78 Å². The van der Waals surface area contributed by atoms with Gasteiger partial charge in [-0.05, 0) is 37.1 Å². The summed E-state index contributed by atoms with van der Waals surface area (Å²) in [5, 5.41) is 2.93. The van der Waals surface area contributed by atoms with Gasteiger partial charge in [0, 0.05) is 30.5 Å². The first-order chi connectivity index (χ1) is 11.3. The molecule has 1 amide bonds. The number of methoxy groups -OCH3 is 1. The van der Waals surface area contributed by atoms with Crippen LogP contribution in [0, 0.1) is 0 Å². The number of nitrogens with zero attached hydrogens (tertiary/aromatic N) is 1. The molecule has 1 atom stereocenters. The van der Waals surface area contributed by atoms with Crippen LogP contribution in [0.15, 0.2) is 42.6 Å². The lowest BCUT2D eigenvalue weighted by atomic mass is 10.1. The van der Waals surface area contributed by atoms with E-state index in [1.165, 1.54) is 0 Å². The number of hydrogen-bond donors (Lipinski definition) is 1. The summed E-state index contributed by atoms with van der Waals surface area (Å²) in [7, 11) is 1.61. The van der Waals surface area contributed by atoms with Crippen LogP contribution < -0.4 is 10.1 Å². The molecule has 0 spiro atoms. The minimum absolute atomic E-state index is 0.0998. The Bertz CT molecular complexity index is 681. The highest BCUT2D eigenvalue weighted by Crippen LogP contribution is 2.27. The standard InChI is InChI=1S/C18H20N2O3/c1-22-16-8-3-9-19-17(16)13-5-2-6-14(11-13)18(21)20-12-15-7-4-10-23-15/h2-3,5-6,8-9,11,15H,4,7,10,12H2,1H3,(H,20,21). The first-order valence-electron chi connectivity index (χ1n) is 7.77. The number of aromatic nitrogens is 1. The Labute approximate surface area is 135 Å². The maximum Gasteiger partial charge on any atom is 0.251 e. The van der Waals surface area contributed by atoms with Crippen LogP contribution in [0.1, 0.15) is 23.2 Å². The Balaban J connectivity index is 1.75. The van der Waals surface area contributed by atoms with Gasteiger partial charge in [-0.2, -0.15) is 0 Å². The molecule has 0 radical (unpaired) electrons. The van der Waals surface area contributed by atoms with Crippen LogP contribution in [-0.4, -0.2) is 37.3 Å². The number of nitrogens with one attached hydrogen (secondary N) is 1. The third-order valence-corrected chi connectivity index (χ3v) is 3.90. The second-order valence-corrected chi connectivity index (χ2v) is 5.48. The molecule has 2 aromatic rings. The van der Waals surface area contributed by atoms with E-state index in [2.05, 4.69) is 10.3 Å². The Morgan fingerprint density at radius 2 is 2.30 bits per heavy atom. The summed E-state index contributed by atoms with van der Waals surface area (Å²) in [6, 6.07) is 11.1. The van der Waals surface area contributed by atoms with Crippen LogP contribution in [0.2, 0.25) is 0 Å². The van der Waals surface area contributed by atoms with E-state index < -0.39 is 0 Å². The lowest BCUT2D eigenvalue weighted by Crippen LogP contribution is -2.31. The maximum atomic E-state index is 12.3. The molecule has 1 fully saturated rings. The van der Waals surface area contributed by atoms with Gasteiger partial charge in [-0.1, -0.05) is 12.1 Å². The van der Waals surface area contributed by atoms with Crippen molar-refractivity contribution in [2.45, 2.75) is 18.9 Å². The van der Waals surface area contributed by atoms with Gasteiger partial charge in [-0.15, -0.1) is 0 Å². The zero-order valence-electron chi connectivity index (χ0n) is 13.1. The minimum atomic E-state index is -0.0998. The zero-order chi connectivity index (χ0) is 16.1. The number of ether oxygens (including phenoxy) is 2. The lowest BCUT2D eigenvalue weighted by molar-refractivity contribution is 0.0858. The van der Waals surface area contributed by atoms with Crippen molar-refractivity contribution in [1.29, 1.82) is 0 Å². The van der Waals surface area contributed by atoms with Gasteiger partial charge in [-0.25, -0.2) is 0 Å². The van der Waals surface area contributed by atoms with Crippen molar-refractivity contribution in [1.82, 2.24) is 10.3 Å². The first-order valence-corrected chi connectivity index (χ1v) is 7.77. The van der Waals surface area contributed by atoms with Crippen LogP contribution in [0.4, 0.5) is 0 Å². The fraction of sp³-hybridized carbons (Fsp3) is 0.333. The van der Waals surface area contributed by atoms with E-state index in [0.717, 1.165) is 30.7 Å². The summed E-state index contributed by atoms with van der Waals surface area (Å²) in [6.45, 7) is 1.34. The second-order valence-electron chi connectivity index (χ2n) is 5.48. The Kier molecular flexibility index (Phi) is 4.88. The topological polar surface area (TPSA) is 60.5 Å². The normalized spacial score (nSPS) is 17.0. The molecule has 1 aromatic heterocycles. The molecule has 1 aliphatic rings. The summed E-state index contributed by atoms with van der Waals surface area (Å²) in [4.78, 5) is 16.7. The molecular weight excluding hydrogens is 292 g/mol. The van der Waals surface area contributed by atoms with Crippen LogP contribution in [0.5, 0.6) is 5.75 Å². The molecule has 120 valence electrons. The fourth-order valence-corrected chi connectivity index (χ4v) is 2.69.